The van der Waals surface area contributed by atoms with Crippen LogP contribution in [0.15, 0.2) is 48.5 Å². The minimum Gasteiger partial charge on any atom is -0.507 e. The fourth-order valence-electron chi connectivity index (χ4n) is 3.75. The highest BCUT2D eigenvalue weighted by atomic mass is 16.5. The van der Waals surface area contributed by atoms with Crippen molar-refractivity contribution in [3.63, 3.8) is 0 Å². The Morgan fingerprint density at radius 2 is 1.91 bits per heavy atom. The number of phenolic OH excluding ortho intramolecular Hbond substituents is 1. The number of hydrogen-bond acceptors (Lipinski definition) is 5. The zero-order chi connectivity index (χ0) is 23.4. The lowest BCUT2D eigenvalue weighted by molar-refractivity contribution is -0.115. The van der Waals surface area contributed by atoms with Crippen molar-refractivity contribution in [3.8, 4) is 22.8 Å². The number of nitrogens with zero attached hydrogens (tertiary/aromatic N) is 2. The molecule has 0 spiro atoms. The van der Waals surface area contributed by atoms with Crippen molar-refractivity contribution in [3.05, 3.63) is 59.8 Å². The van der Waals surface area contributed by atoms with Gasteiger partial charge >= 0.3 is 6.03 Å². The predicted molar refractivity (Wildman–Crippen MR) is 125 cm³/mol. The van der Waals surface area contributed by atoms with Crippen molar-refractivity contribution in [1.29, 1.82) is 0 Å². The molecule has 8 nitrogen and oxygen atoms in total. The van der Waals surface area contributed by atoms with E-state index in [-0.39, 0.29) is 23.6 Å². The number of aromatic nitrogens is 2. The van der Waals surface area contributed by atoms with Gasteiger partial charge in [-0.25, -0.2) is 4.79 Å². The topological polar surface area (TPSA) is 105 Å². The van der Waals surface area contributed by atoms with Crippen molar-refractivity contribution < 1.29 is 19.4 Å². The van der Waals surface area contributed by atoms with Gasteiger partial charge in [0.2, 0.25) is 5.91 Å². The van der Waals surface area contributed by atoms with Crippen molar-refractivity contribution in [2.45, 2.75) is 45.1 Å². The van der Waals surface area contributed by atoms with Gasteiger partial charge in [0, 0.05) is 30.1 Å². The van der Waals surface area contributed by atoms with Crippen LogP contribution in [-0.4, -0.2) is 33.9 Å². The van der Waals surface area contributed by atoms with Crippen LogP contribution in [0.4, 0.5) is 10.5 Å². The highest BCUT2D eigenvalue weighted by molar-refractivity contribution is 5.91. The Kier molecular flexibility index (Phi) is 6.63. The van der Waals surface area contributed by atoms with Crippen LogP contribution in [0, 0.1) is 0 Å². The number of carbonyl (C=O) groups is 2. The summed E-state index contributed by atoms with van der Waals surface area (Å²) in [5, 5.41) is 20.7. The summed E-state index contributed by atoms with van der Waals surface area (Å²) in [5.74, 6) is 0.924. The van der Waals surface area contributed by atoms with Crippen molar-refractivity contribution in [1.82, 2.24) is 15.1 Å². The second kappa shape index (κ2) is 9.77. The summed E-state index contributed by atoms with van der Waals surface area (Å²) in [6.45, 7) is 2.12. The second-order valence-corrected chi connectivity index (χ2v) is 8.13. The van der Waals surface area contributed by atoms with Gasteiger partial charge in [-0.3, -0.25) is 4.79 Å². The maximum Gasteiger partial charge on any atom is 0.342 e. The molecule has 0 bridgehead atoms. The molecule has 3 N–H and O–H groups in total. The van der Waals surface area contributed by atoms with Crippen LogP contribution in [-0.2, 0) is 11.3 Å². The Bertz CT molecular complexity index is 1150. The number of ether oxygens (including phenoxy) is 1. The molecular weight excluding hydrogens is 420 g/mol. The predicted octanol–water partition coefficient (Wildman–Crippen LogP) is 4.64. The van der Waals surface area contributed by atoms with E-state index in [9.17, 15) is 14.7 Å². The average Bonchev–Trinajstić information content (AvgIpc) is 3.22. The van der Waals surface area contributed by atoms with Gasteiger partial charge in [-0.1, -0.05) is 25.5 Å². The Morgan fingerprint density at radius 1 is 1.15 bits per heavy atom. The molecule has 1 aromatic heterocycles. The first kappa shape index (κ1) is 22.4. The van der Waals surface area contributed by atoms with E-state index in [1.54, 1.807) is 26.2 Å². The summed E-state index contributed by atoms with van der Waals surface area (Å²) >= 11 is 0. The number of nitrogens with one attached hydrogen (secondary N) is 2. The van der Waals surface area contributed by atoms with Crippen LogP contribution >= 0.6 is 0 Å². The number of amides is 2. The Labute approximate surface area is 192 Å². The van der Waals surface area contributed by atoms with Gasteiger partial charge in [-0.05, 0) is 54.8 Å². The Hall–Kier alpha value is -3.81. The molecule has 4 rings (SSSR count). The van der Waals surface area contributed by atoms with E-state index in [0.717, 1.165) is 36.3 Å². The first-order chi connectivity index (χ1) is 16.0. The molecule has 0 aliphatic heterocycles. The summed E-state index contributed by atoms with van der Waals surface area (Å²) in [4.78, 5) is 24.8. The zero-order valence-electron chi connectivity index (χ0n) is 18.8. The van der Waals surface area contributed by atoms with E-state index in [1.807, 2.05) is 30.3 Å². The number of rotatable bonds is 7. The Morgan fingerprint density at radius 3 is 2.55 bits per heavy atom. The first-order valence-corrected chi connectivity index (χ1v) is 11.1. The second-order valence-electron chi connectivity index (χ2n) is 8.13. The molecule has 2 aromatic carbocycles. The fraction of sp³-hybridized carbons (Fsp3) is 0.320. The van der Waals surface area contributed by atoms with E-state index in [1.165, 1.54) is 10.7 Å². The highest BCUT2D eigenvalue weighted by Gasteiger charge is 2.27. The maximum atomic E-state index is 13.0. The third-order valence-electron chi connectivity index (χ3n) is 5.93. The van der Waals surface area contributed by atoms with Crippen molar-refractivity contribution in [2.75, 3.05) is 12.4 Å². The van der Waals surface area contributed by atoms with E-state index >= 15 is 0 Å². The largest absolute Gasteiger partial charge is 0.507 e. The molecule has 0 unspecified atom stereocenters. The molecule has 8 heteroatoms. The lowest BCUT2D eigenvalue weighted by Crippen LogP contribution is -2.31. The molecule has 1 aliphatic rings. The van der Waals surface area contributed by atoms with E-state index in [4.69, 9.17) is 4.74 Å². The standard InChI is InChI=1S/C25H28N4O4/c1-3-24(31)27-18-9-12-23(30)20(13-18)21-14-22(17-5-4-6-17)29(28-21)25(32)26-15-16-7-10-19(33-2)11-8-16/h7-14,17,30H,3-6,15H2,1-2H3,(H,26,32)(H,27,31). The molecule has 1 aliphatic carbocycles. The van der Waals surface area contributed by atoms with Gasteiger partial charge in [0.1, 0.15) is 11.5 Å². The molecule has 0 saturated heterocycles. The van der Waals surface area contributed by atoms with Gasteiger partial charge in [-0.2, -0.15) is 9.78 Å². The van der Waals surface area contributed by atoms with Gasteiger partial charge in [0.25, 0.3) is 0 Å². The number of anilines is 1. The van der Waals surface area contributed by atoms with E-state index < -0.39 is 0 Å². The molecule has 1 saturated carbocycles. The third-order valence-corrected chi connectivity index (χ3v) is 5.93. The monoisotopic (exact) mass is 448 g/mol. The zero-order valence-corrected chi connectivity index (χ0v) is 18.8. The average molecular weight is 449 g/mol. The number of aromatic hydroxyl groups is 1. The summed E-state index contributed by atoms with van der Waals surface area (Å²) in [7, 11) is 1.61. The number of carbonyl (C=O) groups excluding carboxylic acids is 2. The van der Waals surface area contributed by atoms with Crippen molar-refractivity contribution in [2.24, 2.45) is 0 Å². The fourth-order valence-corrected chi connectivity index (χ4v) is 3.75. The normalized spacial score (nSPS) is 13.3. The molecule has 172 valence electrons. The summed E-state index contributed by atoms with van der Waals surface area (Å²) in [6, 6.07) is 13.9. The molecule has 1 fully saturated rings. The maximum absolute atomic E-state index is 13.0. The third kappa shape index (κ3) is 5.00. The summed E-state index contributed by atoms with van der Waals surface area (Å²) in [5.41, 5.74) is 3.29. The van der Waals surface area contributed by atoms with Gasteiger partial charge < -0.3 is 20.5 Å². The van der Waals surface area contributed by atoms with Gasteiger partial charge in [0.05, 0.1) is 18.5 Å². The molecule has 1 heterocycles. The van der Waals surface area contributed by atoms with Crippen LogP contribution < -0.4 is 15.4 Å². The van der Waals surface area contributed by atoms with Crippen LogP contribution in [0.5, 0.6) is 11.5 Å². The minimum atomic E-state index is -0.325. The van der Waals surface area contributed by atoms with Crippen LogP contribution in [0.1, 0.15) is 49.8 Å². The molecule has 0 radical (unpaired) electrons. The number of phenols is 1. The molecular formula is C25H28N4O4. The van der Waals surface area contributed by atoms with E-state index in [2.05, 4.69) is 15.7 Å². The number of hydrogen-bond donors (Lipinski definition) is 3. The summed E-state index contributed by atoms with van der Waals surface area (Å²) < 4.78 is 6.57. The lowest BCUT2D eigenvalue weighted by atomic mass is 9.82. The van der Waals surface area contributed by atoms with E-state index in [0.29, 0.717) is 29.9 Å². The molecule has 33 heavy (non-hydrogen) atoms. The number of benzene rings is 2. The summed E-state index contributed by atoms with van der Waals surface area (Å²) in [6.07, 6.45) is 3.46. The van der Waals surface area contributed by atoms with Crippen molar-refractivity contribution >= 4 is 17.6 Å². The van der Waals surface area contributed by atoms with Gasteiger partial charge in [-0.15, -0.1) is 0 Å². The molecule has 3 aromatic rings. The van der Waals surface area contributed by atoms with Crippen LogP contribution in [0.25, 0.3) is 11.3 Å². The lowest BCUT2D eigenvalue weighted by Gasteiger charge is -2.25. The molecule has 0 atom stereocenters. The first-order valence-electron chi connectivity index (χ1n) is 11.1. The smallest absolute Gasteiger partial charge is 0.342 e. The van der Waals surface area contributed by atoms with Crippen LogP contribution in [0.2, 0.25) is 0 Å². The quantitative estimate of drug-likeness (QED) is 0.457. The minimum absolute atomic E-state index is 0.0351. The van der Waals surface area contributed by atoms with Crippen LogP contribution in [0.3, 0.4) is 0 Å². The SMILES string of the molecule is CCC(=O)Nc1ccc(O)c(-c2cc(C3CCC3)n(C(=O)NCc3ccc(OC)cc3)n2)c1. The van der Waals surface area contributed by atoms with Gasteiger partial charge in [0.15, 0.2) is 0 Å². The molecule has 2 amide bonds. The number of methoxy groups -OCH3 is 1. The highest BCUT2D eigenvalue weighted by Crippen LogP contribution is 2.39. The Balaban J connectivity index is 1.59.